The molecule has 0 atom stereocenters. The van der Waals surface area contributed by atoms with Gasteiger partial charge in [0.05, 0.1) is 32.8 Å². The summed E-state index contributed by atoms with van der Waals surface area (Å²) in [7, 11) is 1.74. The number of rotatable bonds is 10. The van der Waals surface area contributed by atoms with Crippen LogP contribution < -0.4 is 20.3 Å². The number of ether oxygens (including phenoxy) is 2. The molecule has 0 bridgehead atoms. The van der Waals surface area contributed by atoms with E-state index in [4.69, 9.17) is 9.47 Å². The Balaban J connectivity index is 1.32. The molecule has 0 radical (unpaired) electrons. The minimum Gasteiger partial charge on any atom is -0.492 e. The highest BCUT2D eigenvalue weighted by molar-refractivity contribution is 5.92. The van der Waals surface area contributed by atoms with Crippen LogP contribution in [0.2, 0.25) is 0 Å². The van der Waals surface area contributed by atoms with E-state index in [1.54, 1.807) is 11.9 Å². The predicted molar refractivity (Wildman–Crippen MR) is 121 cm³/mol. The number of nitrogens with one attached hydrogen (secondary N) is 2. The van der Waals surface area contributed by atoms with E-state index >= 15 is 0 Å². The first-order valence-corrected chi connectivity index (χ1v) is 10.5. The number of carbonyl (C=O) groups is 2. The standard InChI is InChI=1S/C23H30N4O4/c1-26(17-22(28)24-11-14-31-21-5-3-2-4-6-21)18-23(29)25-19-7-9-20(10-8-19)27-12-15-30-16-13-27/h2-10H,11-18H2,1H3,(H,24,28)(H,25,29). The Bertz CT molecular complexity index is 823. The van der Waals surface area contributed by atoms with Crippen LogP contribution in [0.25, 0.3) is 0 Å². The number of hydrogen-bond acceptors (Lipinski definition) is 6. The molecular formula is C23H30N4O4. The van der Waals surface area contributed by atoms with Crippen molar-refractivity contribution in [3.63, 3.8) is 0 Å². The summed E-state index contributed by atoms with van der Waals surface area (Å²) in [6.45, 7) is 4.27. The predicted octanol–water partition coefficient (Wildman–Crippen LogP) is 1.59. The summed E-state index contributed by atoms with van der Waals surface area (Å²) in [6, 6.07) is 17.2. The molecule has 0 aliphatic carbocycles. The molecule has 8 heteroatoms. The molecule has 1 aliphatic rings. The van der Waals surface area contributed by atoms with Crippen molar-refractivity contribution < 1.29 is 19.1 Å². The molecule has 1 heterocycles. The maximum absolute atomic E-state index is 12.3. The van der Waals surface area contributed by atoms with E-state index in [9.17, 15) is 9.59 Å². The zero-order chi connectivity index (χ0) is 21.9. The van der Waals surface area contributed by atoms with Gasteiger partial charge in [0.2, 0.25) is 11.8 Å². The van der Waals surface area contributed by atoms with Crippen molar-refractivity contribution in [3.8, 4) is 5.75 Å². The van der Waals surface area contributed by atoms with Crippen LogP contribution in [0.1, 0.15) is 0 Å². The maximum Gasteiger partial charge on any atom is 0.238 e. The lowest BCUT2D eigenvalue weighted by atomic mass is 10.2. The first kappa shape index (κ1) is 22.6. The zero-order valence-corrected chi connectivity index (χ0v) is 17.9. The van der Waals surface area contributed by atoms with Crippen molar-refractivity contribution >= 4 is 23.2 Å². The molecule has 1 aliphatic heterocycles. The SMILES string of the molecule is CN(CC(=O)NCCOc1ccccc1)CC(=O)Nc1ccc(N2CCOCC2)cc1. The Hall–Kier alpha value is -3.10. The molecule has 0 unspecified atom stereocenters. The van der Waals surface area contributed by atoms with Gasteiger partial charge in [-0.3, -0.25) is 14.5 Å². The lowest BCUT2D eigenvalue weighted by Crippen LogP contribution is -2.40. The molecule has 0 saturated carbocycles. The number of likely N-dealkylation sites (N-methyl/N-ethyl adjacent to an activating group) is 1. The minimum absolute atomic E-state index is 0.124. The lowest BCUT2D eigenvalue weighted by Gasteiger charge is -2.28. The summed E-state index contributed by atoms with van der Waals surface area (Å²) in [5.41, 5.74) is 1.85. The molecule has 31 heavy (non-hydrogen) atoms. The van der Waals surface area contributed by atoms with Crippen LogP contribution in [0.4, 0.5) is 11.4 Å². The van der Waals surface area contributed by atoms with Crippen LogP contribution in [0, 0.1) is 0 Å². The fourth-order valence-electron chi connectivity index (χ4n) is 3.26. The summed E-state index contributed by atoms with van der Waals surface area (Å²) in [6.07, 6.45) is 0. The largest absolute Gasteiger partial charge is 0.492 e. The Kier molecular flexibility index (Phi) is 8.69. The molecule has 2 aromatic carbocycles. The molecule has 2 aromatic rings. The summed E-state index contributed by atoms with van der Waals surface area (Å²) < 4.78 is 10.9. The van der Waals surface area contributed by atoms with E-state index in [0.29, 0.717) is 13.2 Å². The number of anilines is 2. The van der Waals surface area contributed by atoms with Crippen LogP contribution >= 0.6 is 0 Å². The minimum atomic E-state index is -0.165. The molecular weight excluding hydrogens is 396 g/mol. The molecule has 1 saturated heterocycles. The highest BCUT2D eigenvalue weighted by Crippen LogP contribution is 2.19. The number of amides is 2. The van der Waals surface area contributed by atoms with Gasteiger partial charge < -0.3 is 25.0 Å². The van der Waals surface area contributed by atoms with Crippen LogP contribution in [0.5, 0.6) is 5.75 Å². The van der Waals surface area contributed by atoms with Gasteiger partial charge in [0.1, 0.15) is 12.4 Å². The topological polar surface area (TPSA) is 83.1 Å². The second-order valence-electron chi connectivity index (χ2n) is 7.38. The van der Waals surface area contributed by atoms with Crippen molar-refractivity contribution in [1.82, 2.24) is 10.2 Å². The smallest absolute Gasteiger partial charge is 0.238 e. The molecule has 3 rings (SSSR count). The molecule has 1 fully saturated rings. The number of morpholine rings is 1. The maximum atomic E-state index is 12.3. The molecule has 0 spiro atoms. The second-order valence-corrected chi connectivity index (χ2v) is 7.38. The number of hydrogen-bond donors (Lipinski definition) is 2. The van der Waals surface area contributed by atoms with Crippen molar-refractivity contribution in [1.29, 1.82) is 0 Å². The molecule has 2 amide bonds. The van der Waals surface area contributed by atoms with E-state index in [1.807, 2.05) is 54.6 Å². The van der Waals surface area contributed by atoms with Crippen LogP contribution in [-0.4, -0.2) is 76.3 Å². The van der Waals surface area contributed by atoms with Gasteiger partial charge in [-0.2, -0.15) is 0 Å². The van der Waals surface area contributed by atoms with E-state index in [1.165, 1.54) is 0 Å². The van der Waals surface area contributed by atoms with Crippen LogP contribution in [0.15, 0.2) is 54.6 Å². The Morgan fingerprint density at radius 2 is 1.68 bits per heavy atom. The van der Waals surface area contributed by atoms with Gasteiger partial charge in [0.25, 0.3) is 0 Å². The van der Waals surface area contributed by atoms with Gasteiger partial charge in [-0.15, -0.1) is 0 Å². The Morgan fingerprint density at radius 1 is 1.00 bits per heavy atom. The number of benzene rings is 2. The van der Waals surface area contributed by atoms with Gasteiger partial charge in [-0.05, 0) is 43.4 Å². The number of nitrogens with zero attached hydrogens (tertiary/aromatic N) is 2. The zero-order valence-electron chi connectivity index (χ0n) is 17.9. The summed E-state index contributed by atoms with van der Waals surface area (Å²) >= 11 is 0. The van der Waals surface area contributed by atoms with Crippen LogP contribution in [0.3, 0.4) is 0 Å². The average molecular weight is 427 g/mol. The third-order valence-corrected chi connectivity index (χ3v) is 4.79. The highest BCUT2D eigenvalue weighted by Gasteiger charge is 2.13. The van der Waals surface area contributed by atoms with Crippen molar-refractivity contribution in [2.75, 3.05) is 69.8 Å². The summed E-state index contributed by atoms with van der Waals surface area (Å²) in [5, 5.41) is 5.66. The highest BCUT2D eigenvalue weighted by atomic mass is 16.5. The van der Waals surface area contributed by atoms with E-state index in [0.717, 1.165) is 43.4 Å². The van der Waals surface area contributed by atoms with Gasteiger partial charge >= 0.3 is 0 Å². The molecule has 2 N–H and O–H groups in total. The lowest BCUT2D eigenvalue weighted by molar-refractivity contribution is -0.123. The van der Waals surface area contributed by atoms with Crippen molar-refractivity contribution in [3.05, 3.63) is 54.6 Å². The van der Waals surface area contributed by atoms with E-state index in [2.05, 4.69) is 15.5 Å². The summed E-state index contributed by atoms with van der Waals surface area (Å²) in [5.74, 6) is 0.451. The fraction of sp³-hybridized carbons (Fsp3) is 0.391. The number of para-hydroxylation sites is 1. The molecule has 8 nitrogen and oxygen atoms in total. The third-order valence-electron chi connectivity index (χ3n) is 4.79. The normalized spacial score (nSPS) is 13.7. The third kappa shape index (κ3) is 7.92. The van der Waals surface area contributed by atoms with Gasteiger partial charge in [0.15, 0.2) is 0 Å². The summed E-state index contributed by atoms with van der Waals surface area (Å²) in [4.78, 5) is 28.2. The van der Waals surface area contributed by atoms with E-state index in [-0.39, 0.29) is 24.9 Å². The fourth-order valence-corrected chi connectivity index (χ4v) is 3.26. The van der Waals surface area contributed by atoms with Crippen LogP contribution in [-0.2, 0) is 14.3 Å². The van der Waals surface area contributed by atoms with E-state index < -0.39 is 0 Å². The van der Waals surface area contributed by atoms with Gasteiger partial charge in [0, 0.05) is 24.5 Å². The Labute approximate surface area is 183 Å². The van der Waals surface area contributed by atoms with Gasteiger partial charge in [-0.25, -0.2) is 0 Å². The molecule has 0 aromatic heterocycles. The van der Waals surface area contributed by atoms with Crippen molar-refractivity contribution in [2.24, 2.45) is 0 Å². The quantitative estimate of drug-likeness (QED) is 0.562. The van der Waals surface area contributed by atoms with Crippen molar-refractivity contribution in [2.45, 2.75) is 0 Å². The number of carbonyl (C=O) groups excluding carboxylic acids is 2. The monoisotopic (exact) mass is 426 g/mol. The van der Waals surface area contributed by atoms with Gasteiger partial charge in [-0.1, -0.05) is 18.2 Å². The Morgan fingerprint density at radius 3 is 2.39 bits per heavy atom. The first-order valence-electron chi connectivity index (χ1n) is 10.5. The second kappa shape index (κ2) is 11.9. The first-order chi connectivity index (χ1) is 15.1. The molecule has 166 valence electrons. The average Bonchev–Trinajstić information content (AvgIpc) is 2.78.